The van der Waals surface area contributed by atoms with E-state index in [4.69, 9.17) is 0 Å². The van der Waals surface area contributed by atoms with Crippen LogP contribution in [0.1, 0.15) is 52.0 Å². The van der Waals surface area contributed by atoms with Crippen LogP contribution in [0.25, 0.3) is 0 Å². The van der Waals surface area contributed by atoms with Crippen LogP contribution in [0.2, 0.25) is 0 Å². The Balaban J connectivity index is 1.50. The maximum atomic E-state index is 12.2. The average molecular weight is 309 g/mol. The summed E-state index contributed by atoms with van der Waals surface area (Å²) in [6.45, 7) is 4.47. The van der Waals surface area contributed by atoms with E-state index in [2.05, 4.69) is 34.7 Å². The summed E-state index contributed by atoms with van der Waals surface area (Å²) in [7, 11) is 0. The number of nitrogens with one attached hydrogen (secondary N) is 1. The van der Waals surface area contributed by atoms with Crippen LogP contribution < -0.4 is 5.32 Å². The van der Waals surface area contributed by atoms with Gasteiger partial charge >= 0.3 is 0 Å². The van der Waals surface area contributed by atoms with E-state index in [-0.39, 0.29) is 5.91 Å². The third-order valence-electron chi connectivity index (χ3n) is 4.56. The highest BCUT2D eigenvalue weighted by Crippen LogP contribution is 2.36. The molecule has 1 heterocycles. The molecule has 1 amide bonds. The van der Waals surface area contributed by atoms with Gasteiger partial charge in [-0.1, -0.05) is 32.0 Å². The average Bonchev–Trinajstić information content (AvgIpc) is 3.19. The first-order valence-electron chi connectivity index (χ1n) is 7.85. The number of amides is 1. The van der Waals surface area contributed by atoms with E-state index >= 15 is 0 Å². The van der Waals surface area contributed by atoms with E-state index in [0.717, 1.165) is 18.0 Å². The summed E-state index contributed by atoms with van der Waals surface area (Å²) in [5.74, 6) is 1.62. The molecule has 1 aromatic rings. The fraction of sp³-hybridized carbons (Fsp3) is 0.857. The molecule has 116 valence electrons. The minimum Gasteiger partial charge on any atom is -0.352 e. The normalized spacial score (nSPS) is 29.3. The maximum Gasteiger partial charge on any atom is 0.230 e. The fourth-order valence-electron chi connectivity index (χ4n) is 3.15. The second kappa shape index (κ2) is 6.34. The van der Waals surface area contributed by atoms with Gasteiger partial charge in [0.2, 0.25) is 11.1 Å². The number of aromatic nitrogens is 4. The summed E-state index contributed by atoms with van der Waals surface area (Å²) in [6, 6.07) is 0.759. The number of hydrogen-bond donors (Lipinski definition) is 1. The zero-order chi connectivity index (χ0) is 14.8. The monoisotopic (exact) mass is 309 g/mol. The Hall–Kier alpha value is -1.11. The van der Waals surface area contributed by atoms with Gasteiger partial charge in [-0.3, -0.25) is 4.79 Å². The Morgan fingerprint density at radius 3 is 2.67 bits per heavy atom. The number of thioether (sulfide) groups is 1. The van der Waals surface area contributed by atoms with Gasteiger partial charge in [0.1, 0.15) is 0 Å². The first kappa shape index (κ1) is 14.8. The number of carbonyl (C=O) groups is 1. The van der Waals surface area contributed by atoms with Crippen molar-refractivity contribution in [2.75, 3.05) is 5.75 Å². The predicted octanol–water partition coefficient (Wildman–Crippen LogP) is 2.04. The highest BCUT2D eigenvalue weighted by molar-refractivity contribution is 7.99. The van der Waals surface area contributed by atoms with Crippen molar-refractivity contribution in [2.45, 2.75) is 63.2 Å². The minimum absolute atomic E-state index is 0.0935. The van der Waals surface area contributed by atoms with Crippen LogP contribution in [-0.2, 0) is 4.79 Å². The van der Waals surface area contributed by atoms with Crippen molar-refractivity contribution in [3.8, 4) is 0 Å². The van der Waals surface area contributed by atoms with Crippen molar-refractivity contribution < 1.29 is 4.79 Å². The molecule has 2 saturated carbocycles. The summed E-state index contributed by atoms with van der Waals surface area (Å²) in [4.78, 5) is 12.2. The van der Waals surface area contributed by atoms with Gasteiger partial charge in [0.05, 0.1) is 11.8 Å². The summed E-state index contributed by atoms with van der Waals surface area (Å²) >= 11 is 1.44. The Morgan fingerprint density at radius 1 is 1.29 bits per heavy atom. The van der Waals surface area contributed by atoms with Crippen molar-refractivity contribution >= 4 is 17.7 Å². The highest BCUT2D eigenvalue weighted by atomic mass is 32.2. The quantitative estimate of drug-likeness (QED) is 0.843. The molecule has 3 rings (SSSR count). The lowest BCUT2D eigenvalue weighted by Gasteiger charge is -2.35. The van der Waals surface area contributed by atoms with Crippen LogP contribution >= 0.6 is 11.8 Å². The van der Waals surface area contributed by atoms with Crippen LogP contribution in [-0.4, -0.2) is 37.9 Å². The molecular formula is C14H23N5OS. The van der Waals surface area contributed by atoms with E-state index in [1.165, 1.54) is 31.0 Å². The molecule has 0 spiro atoms. The molecule has 0 bridgehead atoms. The molecule has 6 nitrogen and oxygen atoms in total. The van der Waals surface area contributed by atoms with E-state index in [1.807, 2.05) is 4.68 Å². The molecule has 1 N–H and O–H groups in total. The Bertz CT molecular complexity index is 491. The van der Waals surface area contributed by atoms with Crippen LogP contribution in [0, 0.1) is 11.8 Å². The third kappa shape index (κ3) is 3.56. The Kier molecular flexibility index (Phi) is 4.47. The fourth-order valence-corrected chi connectivity index (χ4v) is 3.91. The summed E-state index contributed by atoms with van der Waals surface area (Å²) in [5.41, 5.74) is 0. The topological polar surface area (TPSA) is 72.7 Å². The molecular weight excluding hydrogens is 286 g/mol. The molecule has 21 heavy (non-hydrogen) atoms. The Labute approximate surface area is 129 Å². The second-order valence-corrected chi connectivity index (χ2v) is 7.35. The van der Waals surface area contributed by atoms with Crippen LogP contribution in [0.3, 0.4) is 0 Å². The zero-order valence-electron chi connectivity index (χ0n) is 12.7. The molecule has 0 aliphatic heterocycles. The van der Waals surface area contributed by atoms with Crippen LogP contribution in [0.15, 0.2) is 5.16 Å². The molecule has 0 aromatic carbocycles. The summed E-state index contributed by atoms with van der Waals surface area (Å²) in [6.07, 6.45) is 5.98. The standard InChI is InChI=1S/C14H23N5OS/c1-9-4-3-5-10(2)13(9)15-12(20)8-21-14-16-17-18-19(14)11-6-7-11/h9-11,13H,3-8H2,1-2H3,(H,15,20). The molecule has 2 unspecified atom stereocenters. The summed E-state index contributed by atoms with van der Waals surface area (Å²) in [5, 5.41) is 15.7. The smallest absolute Gasteiger partial charge is 0.230 e. The van der Waals surface area contributed by atoms with Crippen LogP contribution in [0.4, 0.5) is 0 Å². The molecule has 0 saturated heterocycles. The lowest BCUT2D eigenvalue weighted by Crippen LogP contribution is -2.46. The number of hydrogen-bond acceptors (Lipinski definition) is 5. The lowest BCUT2D eigenvalue weighted by atomic mass is 9.79. The minimum atomic E-state index is 0.0935. The van der Waals surface area contributed by atoms with Gasteiger partial charge in [-0.15, -0.1) is 5.10 Å². The van der Waals surface area contributed by atoms with Gasteiger partial charge < -0.3 is 5.32 Å². The van der Waals surface area contributed by atoms with E-state index in [1.54, 1.807) is 0 Å². The van der Waals surface area contributed by atoms with Gasteiger partial charge in [0, 0.05) is 6.04 Å². The SMILES string of the molecule is CC1CCCC(C)C1NC(=O)CSc1nnnn1C1CC1. The van der Waals surface area contributed by atoms with Gasteiger partial charge in [0.25, 0.3) is 0 Å². The van der Waals surface area contributed by atoms with E-state index in [9.17, 15) is 4.79 Å². The van der Waals surface area contributed by atoms with Gasteiger partial charge in [0.15, 0.2) is 0 Å². The Morgan fingerprint density at radius 2 is 2.00 bits per heavy atom. The number of rotatable bonds is 5. The molecule has 2 fully saturated rings. The summed E-state index contributed by atoms with van der Waals surface area (Å²) < 4.78 is 1.85. The first-order chi connectivity index (χ1) is 10.1. The van der Waals surface area contributed by atoms with Gasteiger partial charge in [-0.25, -0.2) is 4.68 Å². The largest absolute Gasteiger partial charge is 0.352 e. The van der Waals surface area contributed by atoms with Crippen molar-refractivity contribution in [3.05, 3.63) is 0 Å². The number of tetrazole rings is 1. The molecule has 0 radical (unpaired) electrons. The van der Waals surface area contributed by atoms with Crippen molar-refractivity contribution in [1.82, 2.24) is 25.5 Å². The van der Waals surface area contributed by atoms with Crippen molar-refractivity contribution in [3.63, 3.8) is 0 Å². The van der Waals surface area contributed by atoms with E-state index in [0.29, 0.717) is 29.7 Å². The second-order valence-electron chi connectivity index (χ2n) is 6.40. The first-order valence-corrected chi connectivity index (χ1v) is 8.83. The van der Waals surface area contributed by atoms with Crippen molar-refractivity contribution in [2.24, 2.45) is 11.8 Å². The van der Waals surface area contributed by atoms with Gasteiger partial charge in [-0.05, 0) is 47.9 Å². The molecule has 7 heteroatoms. The molecule has 2 atom stereocenters. The maximum absolute atomic E-state index is 12.2. The highest BCUT2D eigenvalue weighted by Gasteiger charge is 2.30. The predicted molar refractivity (Wildman–Crippen MR) is 80.9 cm³/mol. The van der Waals surface area contributed by atoms with E-state index < -0.39 is 0 Å². The zero-order valence-corrected chi connectivity index (χ0v) is 13.5. The van der Waals surface area contributed by atoms with Gasteiger partial charge in [-0.2, -0.15) is 0 Å². The van der Waals surface area contributed by atoms with Crippen LogP contribution in [0.5, 0.6) is 0 Å². The third-order valence-corrected chi connectivity index (χ3v) is 5.49. The number of carbonyl (C=O) groups excluding carboxylic acids is 1. The van der Waals surface area contributed by atoms with Crippen molar-refractivity contribution in [1.29, 1.82) is 0 Å². The molecule has 2 aliphatic rings. The molecule has 1 aromatic heterocycles. The lowest BCUT2D eigenvalue weighted by molar-refractivity contribution is -0.120. The number of nitrogens with zero attached hydrogens (tertiary/aromatic N) is 4. The molecule has 2 aliphatic carbocycles.